The lowest BCUT2D eigenvalue weighted by Crippen LogP contribution is -2.36. The Morgan fingerprint density at radius 2 is 1.71 bits per heavy atom. The molecule has 4 heterocycles. The van der Waals surface area contributed by atoms with Crippen molar-refractivity contribution >= 4 is 22.7 Å². The Morgan fingerprint density at radius 1 is 0.941 bits per heavy atom. The molecule has 6 nitrogen and oxygen atoms in total. The van der Waals surface area contributed by atoms with Crippen LogP contribution in [0.3, 0.4) is 0 Å². The fraction of sp³-hybridized carbons (Fsp3) is 0.357. The summed E-state index contributed by atoms with van der Waals surface area (Å²) in [4.78, 5) is 21.4. The van der Waals surface area contributed by atoms with Crippen molar-refractivity contribution in [1.29, 1.82) is 0 Å². The fourth-order valence-electron chi connectivity index (χ4n) is 4.82. The number of nitrogens with one attached hydrogen (secondary N) is 1. The van der Waals surface area contributed by atoms with E-state index in [0.29, 0.717) is 11.8 Å². The molecule has 0 aliphatic carbocycles. The van der Waals surface area contributed by atoms with E-state index in [1.54, 1.807) is 6.20 Å². The molecule has 1 N–H and O–H groups in total. The monoisotopic (exact) mass is 452 g/mol. The van der Waals surface area contributed by atoms with Gasteiger partial charge in [-0.2, -0.15) is 0 Å². The molecule has 0 amide bonds. The molecule has 0 bridgehead atoms. The van der Waals surface area contributed by atoms with Gasteiger partial charge < -0.3 is 10.2 Å². The highest BCUT2D eigenvalue weighted by molar-refractivity contribution is 5.88. The summed E-state index contributed by atoms with van der Waals surface area (Å²) in [6.45, 7) is 9.50. The van der Waals surface area contributed by atoms with Crippen LogP contribution in [0.1, 0.15) is 43.7 Å². The van der Waals surface area contributed by atoms with Crippen molar-refractivity contribution in [1.82, 2.24) is 19.9 Å². The molecular formula is C28H32N6. The first kappa shape index (κ1) is 22.3. The number of aromatic nitrogens is 4. The first-order valence-corrected chi connectivity index (χ1v) is 12.2. The number of hydrogen-bond donors (Lipinski definition) is 1. The lowest BCUT2D eigenvalue weighted by atomic mass is 9.96. The zero-order valence-electron chi connectivity index (χ0n) is 20.2. The molecule has 0 unspecified atom stereocenters. The van der Waals surface area contributed by atoms with Gasteiger partial charge in [0.25, 0.3) is 0 Å². The Bertz CT molecular complexity index is 1280. The molecule has 3 aromatic heterocycles. The van der Waals surface area contributed by atoms with E-state index in [1.807, 2.05) is 18.3 Å². The van der Waals surface area contributed by atoms with Crippen LogP contribution in [0.2, 0.25) is 0 Å². The normalized spacial score (nSPS) is 14.6. The molecule has 0 radical (unpaired) electrons. The maximum absolute atomic E-state index is 4.99. The highest BCUT2D eigenvalue weighted by Crippen LogP contribution is 2.30. The highest BCUT2D eigenvalue weighted by atomic mass is 15.2. The Morgan fingerprint density at radius 3 is 2.50 bits per heavy atom. The maximum atomic E-state index is 4.99. The van der Waals surface area contributed by atoms with Crippen LogP contribution in [0.25, 0.3) is 22.4 Å². The Kier molecular flexibility index (Phi) is 6.39. The van der Waals surface area contributed by atoms with Crippen molar-refractivity contribution in [2.45, 2.75) is 39.5 Å². The number of nitrogens with zero attached hydrogens (tertiary/aromatic N) is 5. The third kappa shape index (κ3) is 4.58. The van der Waals surface area contributed by atoms with E-state index in [-0.39, 0.29) is 0 Å². The molecule has 4 aromatic rings. The zero-order valence-corrected chi connectivity index (χ0v) is 20.2. The van der Waals surface area contributed by atoms with Gasteiger partial charge in [0, 0.05) is 37.6 Å². The van der Waals surface area contributed by atoms with Crippen LogP contribution in [0.5, 0.6) is 0 Å². The van der Waals surface area contributed by atoms with Gasteiger partial charge in [-0.3, -0.25) is 0 Å². The van der Waals surface area contributed by atoms with Crippen LogP contribution < -0.4 is 10.2 Å². The standard InChI is InChI=1S/C28H32N6/c1-19(2)22-9-4-5-10-23(22)27-32-25-24(11-7-14-29-25)26(33-27)31-18-21-12-16-34(17-13-21)28-20(3)8-6-15-30-28/h4-11,14-15,19,21H,12-13,16-18H2,1-3H3,(H,29,31,32,33). The van der Waals surface area contributed by atoms with E-state index in [9.17, 15) is 0 Å². The minimum atomic E-state index is 0.392. The van der Waals surface area contributed by atoms with Crippen molar-refractivity contribution in [3.05, 3.63) is 72.1 Å². The van der Waals surface area contributed by atoms with Crippen molar-refractivity contribution in [3.8, 4) is 11.4 Å². The van der Waals surface area contributed by atoms with E-state index in [1.165, 1.54) is 11.1 Å². The molecule has 1 aliphatic heterocycles. The molecule has 1 aromatic carbocycles. The number of aryl methyl sites for hydroxylation is 1. The predicted octanol–water partition coefficient (Wildman–Crippen LogP) is 5.85. The first-order chi connectivity index (χ1) is 16.6. The van der Waals surface area contributed by atoms with E-state index in [4.69, 9.17) is 9.97 Å². The summed E-state index contributed by atoms with van der Waals surface area (Å²) in [7, 11) is 0. The summed E-state index contributed by atoms with van der Waals surface area (Å²) in [6.07, 6.45) is 5.95. The fourth-order valence-corrected chi connectivity index (χ4v) is 4.82. The molecule has 0 saturated carbocycles. The third-order valence-corrected chi connectivity index (χ3v) is 6.75. The maximum Gasteiger partial charge on any atom is 0.165 e. The predicted molar refractivity (Wildman–Crippen MR) is 139 cm³/mol. The number of anilines is 2. The molecule has 6 heteroatoms. The Labute approximate surface area is 201 Å². The van der Waals surface area contributed by atoms with Crippen molar-refractivity contribution < 1.29 is 0 Å². The summed E-state index contributed by atoms with van der Waals surface area (Å²) in [5, 5.41) is 4.62. The minimum absolute atomic E-state index is 0.392. The van der Waals surface area contributed by atoms with E-state index in [0.717, 1.165) is 66.5 Å². The van der Waals surface area contributed by atoms with Crippen molar-refractivity contribution in [2.24, 2.45) is 5.92 Å². The summed E-state index contributed by atoms with van der Waals surface area (Å²) >= 11 is 0. The smallest absolute Gasteiger partial charge is 0.165 e. The number of hydrogen-bond acceptors (Lipinski definition) is 6. The van der Waals surface area contributed by atoms with Gasteiger partial charge in [0.15, 0.2) is 11.5 Å². The van der Waals surface area contributed by atoms with Gasteiger partial charge in [0.05, 0.1) is 5.39 Å². The topological polar surface area (TPSA) is 66.8 Å². The minimum Gasteiger partial charge on any atom is -0.369 e. The van der Waals surface area contributed by atoms with E-state index in [2.05, 4.69) is 77.4 Å². The van der Waals surface area contributed by atoms with Gasteiger partial charge in [-0.25, -0.2) is 19.9 Å². The van der Waals surface area contributed by atoms with Gasteiger partial charge in [0.2, 0.25) is 0 Å². The summed E-state index contributed by atoms with van der Waals surface area (Å²) in [5.74, 6) is 3.71. The van der Waals surface area contributed by atoms with Crippen LogP contribution in [0.4, 0.5) is 11.6 Å². The van der Waals surface area contributed by atoms with Crippen LogP contribution in [-0.2, 0) is 0 Å². The zero-order chi connectivity index (χ0) is 23.5. The van der Waals surface area contributed by atoms with Crippen LogP contribution in [0.15, 0.2) is 60.9 Å². The molecular weight excluding hydrogens is 420 g/mol. The molecule has 0 atom stereocenters. The van der Waals surface area contributed by atoms with Gasteiger partial charge in [-0.15, -0.1) is 0 Å². The lowest BCUT2D eigenvalue weighted by molar-refractivity contribution is 0.421. The Balaban J connectivity index is 1.35. The van der Waals surface area contributed by atoms with E-state index < -0.39 is 0 Å². The number of rotatable bonds is 6. The largest absolute Gasteiger partial charge is 0.369 e. The summed E-state index contributed by atoms with van der Waals surface area (Å²) in [5.41, 5.74) is 4.30. The van der Waals surface area contributed by atoms with Crippen molar-refractivity contribution in [2.75, 3.05) is 29.9 Å². The molecule has 0 spiro atoms. The van der Waals surface area contributed by atoms with Crippen molar-refractivity contribution in [3.63, 3.8) is 0 Å². The Hall–Kier alpha value is -3.54. The lowest BCUT2D eigenvalue weighted by Gasteiger charge is -2.33. The highest BCUT2D eigenvalue weighted by Gasteiger charge is 2.22. The third-order valence-electron chi connectivity index (χ3n) is 6.75. The molecule has 34 heavy (non-hydrogen) atoms. The number of pyridine rings is 2. The van der Waals surface area contributed by atoms with E-state index >= 15 is 0 Å². The van der Waals surface area contributed by atoms with Gasteiger partial charge in [-0.1, -0.05) is 44.2 Å². The van der Waals surface area contributed by atoms with Crippen LogP contribution in [-0.4, -0.2) is 39.6 Å². The van der Waals surface area contributed by atoms with Gasteiger partial charge >= 0.3 is 0 Å². The average molecular weight is 453 g/mol. The number of benzene rings is 1. The molecule has 174 valence electrons. The van der Waals surface area contributed by atoms with Crippen LogP contribution >= 0.6 is 0 Å². The SMILES string of the molecule is Cc1cccnc1N1CCC(CNc2nc(-c3ccccc3C(C)C)nc3ncccc23)CC1. The van der Waals surface area contributed by atoms with Gasteiger partial charge in [-0.05, 0) is 60.9 Å². The molecule has 1 saturated heterocycles. The van der Waals surface area contributed by atoms with Crippen LogP contribution in [0, 0.1) is 12.8 Å². The second kappa shape index (κ2) is 9.75. The first-order valence-electron chi connectivity index (χ1n) is 12.2. The quantitative estimate of drug-likeness (QED) is 0.396. The summed E-state index contributed by atoms with van der Waals surface area (Å²) < 4.78 is 0. The number of piperidine rings is 1. The summed E-state index contributed by atoms with van der Waals surface area (Å²) in [6, 6.07) is 16.5. The molecule has 1 fully saturated rings. The molecule has 5 rings (SSSR count). The van der Waals surface area contributed by atoms with Gasteiger partial charge in [0.1, 0.15) is 11.6 Å². The molecule has 1 aliphatic rings. The average Bonchev–Trinajstić information content (AvgIpc) is 2.88. The number of fused-ring (bicyclic) bond motifs is 1. The second-order valence-electron chi connectivity index (χ2n) is 9.47. The second-order valence-corrected chi connectivity index (χ2v) is 9.47.